The van der Waals surface area contributed by atoms with E-state index < -0.39 is 0 Å². The predicted molar refractivity (Wildman–Crippen MR) is 132 cm³/mol. The number of rotatable bonds is 8. The van der Waals surface area contributed by atoms with Gasteiger partial charge in [-0.1, -0.05) is 91.0 Å². The second kappa shape index (κ2) is 10.0. The van der Waals surface area contributed by atoms with E-state index in [1.807, 2.05) is 91.0 Å². The van der Waals surface area contributed by atoms with E-state index in [-0.39, 0.29) is 12.3 Å². The highest BCUT2D eigenvalue weighted by Crippen LogP contribution is 2.32. The Bertz CT molecular complexity index is 1300. The predicted octanol–water partition coefficient (Wildman–Crippen LogP) is 5.65. The van der Waals surface area contributed by atoms with Crippen molar-refractivity contribution in [3.05, 3.63) is 109 Å². The van der Waals surface area contributed by atoms with Crippen molar-refractivity contribution in [2.75, 3.05) is 0 Å². The third kappa shape index (κ3) is 4.96. The first-order chi connectivity index (χ1) is 16.8. The molecule has 5 rings (SSSR count). The molecule has 2 aromatic heterocycles. The number of oxazole rings is 1. The molecule has 34 heavy (non-hydrogen) atoms. The Kier molecular flexibility index (Phi) is 6.29. The van der Waals surface area contributed by atoms with Gasteiger partial charge in [0.25, 0.3) is 0 Å². The smallest absolute Gasteiger partial charge is 0.220 e. The van der Waals surface area contributed by atoms with Crippen molar-refractivity contribution in [1.29, 1.82) is 0 Å². The number of hydrogen-bond donors (Lipinski definition) is 2. The summed E-state index contributed by atoms with van der Waals surface area (Å²) in [5, 5.41) is 2.92. The number of aromatic nitrogens is 3. The Hall–Kier alpha value is -4.45. The van der Waals surface area contributed by atoms with Crippen LogP contribution in [0.25, 0.3) is 33.8 Å². The van der Waals surface area contributed by atoms with E-state index in [4.69, 9.17) is 9.40 Å². The first-order valence-corrected chi connectivity index (χ1v) is 11.2. The zero-order valence-corrected chi connectivity index (χ0v) is 18.6. The maximum Gasteiger partial charge on any atom is 0.220 e. The number of aryl methyl sites for hydroxylation is 1. The molecule has 0 bridgehead atoms. The highest BCUT2D eigenvalue weighted by atomic mass is 16.4. The largest absolute Gasteiger partial charge is 0.440 e. The van der Waals surface area contributed by atoms with Gasteiger partial charge in [-0.25, -0.2) is 9.97 Å². The van der Waals surface area contributed by atoms with E-state index in [2.05, 4.69) is 15.3 Å². The highest BCUT2D eigenvalue weighted by molar-refractivity contribution is 5.78. The van der Waals surface area contributed by atoms with Crippen LogP contribution < -0.4 is 5.32 Å². The van der Waals surface area contributed by atoms with Crippen LogP contribution in [0.1, 0.15) is 18.1 Å². The SMILES string of the molecule is O=C(CCc1nc(-c2ccccc2)c(-c2ccccc2)o1)NCc1ncc(-c2ccccc2)[nH]1. The lowest BCUT2D eigenvalue weighted by Crippen LogP contribution is -2.23. The average Bonchev–Trinajstić information content (AvgIpc) is 3.55. The van der Waals surface area contributed by atoms with E-state index in [1.54, 1.807) is 6.20 Å². The minimum Gasteiger partial charge on any atom is -0.440 e. The topological polar surface area (TPSA) is 83.8 Å². The quantitative estimate of drug-likeness (QED) is 0.321. The zero-order chi connectivity index (χ0) is 23.2. The number of nitrogens with zero attached hydrogens (tertiary/aromatic N) is 2. The summed E-state index contributed by atoms with van der Waals surface area (Å²) in [4.78, 5) is 24.8. The molecule has 0 saturated carbocycles. The van der Waals surface area contributed by atoms with Gasteiger partial charge in [0.15, 0.2) is 11.7 Å². The fourth-order valence-corrected chi connectivity index (χ4v) is 3.76. The Morgan fingerprint density at radius 2 is 1.44 bits per heavy atom. The summed E-state index contributed by atoms with van der Waals surface area (Å²) in [5.41, 5.74) is 4.70. The second-order valence-electron chi connectivity index (χ2n) is 7.90. The summed E-state index contributed by atoms with van der Waals surface area (Å²) in [6.45, 7) is 0.335. The highest BCUT2D eigenvalue weighted by Gasteiger charge is 2.17. The van der Waals surface area contributed by atoms with Crippen LogP contribution in [0, 0.1) is 0 Å². The zero-order valence-electron chi connectivity index (χ0n) is 18.6. The molecule has 0 saturated heterocycles. The number of hydrogen-bond acceptors (Lipinski definition) is 4. The van der Waals surface area contributed by atoms with Gasteiger partial charge in [-0.05, 0) is 5.56 Å². The fourth-order valence-electron chi connectivity index (χ4n) is 3.76. The third-order valence-electron chi connectivity index (χ3n) is 5.49. The van der Waals surface area contributed by atoms with Crippen molar-refractivity contribution < 1.29 is 9.21 Å². The lowest BCUT2D eigenvalue weighted by atomic mass is 10.1. The lowest BCUT2D eigenvalue weighted by molar-refractivity contribution is -0.121. The molecular weight excluding hydrogens is 424 g/mol. The number of benzene rings is 3. The van der Waals surface area contributed by atoms with Crippen molar-refractivity contribution in [1.82, 2.24) is 20.3 Å². The normalized spacial score (nSPS) is 10.8. The van der Waals surface area contributed by atoms with Gasteiger partial charge in [0.1, 0.15) is 11.5 Å². The Labute approximate surface area is 197 Å². The van der Waals surface area contributed by atoms with Crippen molar-refractivity contribution in [2.45, 2.75) is 19.4 Å². The molecule has 0 aliphatic carbocycles. The summed E-state index contributed by atoms with van der Waals surface area (Å²) in [6, 6.07) is 29.8. The minimum atomic E-state index is -0.0848. The van der Waals surface area contributed by atoms with Crippen LogP contribution in [0.2, 0.25) is 0 Å². The number of aromatic amines is 1. The van der Waals surface area contributed by atoms with Gasteiger partial charge in [-0.3, -0.25) is 4.79 Å². The number of amides is 1. The number of imidazole rings is 1. The summed E-state index contributed by atoms with van der Waals surface area (Å²) >= 11 is 0. The van der Waals surface area contributed by atoms with Gasteiger partial charge in [0.2, 0.25) is 5.91 Å². The van der Waals surface area contributed by atoms with Crippen LogP contribution >= 0.6 is 0 Å². The first kappa shape index (κ1) is 21.4. The molecule has 6 heteroatoms. The molecule has 5 aromatic rings. The van der Waals surface area contributed by atoms with Crippen LogP contribution in [-0.2, 0) is 17.8 Å². The van der Waals surface area contributed by atoms with Crippen LogP contribution in [0.5, 0.6) is 0 Å². The van der Waals surface area contributed by atoms with Crippen molar-refractivity contribution in [2.24, 2.45) is 0 Å². The van der Waals surface area contributed by atoms with Crippen molar-refractivity contribution in [3.63, 3.8) is 0 Å². The second-order valence-corrected chi connectivity index (χ2v) is 7.90. The maximum absolute atomic E-state index is 12.5. The minimum absolute atomic E-state index is 0.0848. The van der Waals surface area contributed by atoms with Crippen LogP contribution in [-0.4, -0.2) is 20.9 Å². The Balaban J connectivity index is 1.23. The number of carbonyl (C=O) groups is 1. The molecule has 2 heterocycles. The van der Waals surface area contributed by atoms with Crippen LogP contribution in [0.4, 0.5) is 0 Å². The van der Waals surface area contributed by atoms with Crippen molar-refractivity contribution in [3.8, 4) is 33.8 Å². The summed E-state index contributed by atoms with van der Waals surface area (Å²) in [5.74, 6) is 1.88. The number of H-pyrrole nitrogens is 1. The molecule has 168 valence electrons. The lowest BCUT2D eigenvalue weighted by Gasteiger charge is -2.02. The summed E-state index contributed by atoms with van der Waals surface area (Å²) in [7, 11) is 0. The van der Waals surface area contributed by atoms with Crippen molar-refractivity contribution >= 4 is 5.91 Å². The molecule has 0 radical (unpaired) electrons. The first-order valence-electron chi connectivity index (χ1n) is 11.2. The van der Waals surface area contributed by atoms with E-state index in [0.717, 1.165) is 28.1 Å². The number of carbonyl (C=O) groups excluding carboxylic acids is 1. The van der Waals surface area contributed by atoms with Gasteiger partial charge in [0.05, 0.1) is 18.4 Å². The maximum atomic E-state index is 12.5. The van der Waals surface area contributed by atoms with Crippen LogP contribution in [0.15, 0.2) is 102 Å². The molecule has 0 spiro atoms. The number of nitrogens with one attached hydrogen (secondary N) is 2. The Morgan fingerprint density at radius 1 is 0.824 bits per heavy atom. The molecule has 0 aliphatic heterocycles. The van der Waals surface area contributed by atoms with Gasteiger partial charge in [0, 0.05) is 24.0 Å². The van der Waals surface area contributed by atoms with Gasteiger partial charge >= 0.3 is 0 Å². The molecule has 6 nitrogen and oxygen atoms in total. The molecular formula is C28H24N4O2. The fraction of sp³-hybridized carbons (Fsp3) is 0.107. The van der Waals surface area contributed by atoms with E-state index in [9.17, 15) is 4.79 Å². The van der Waals surface area contributed by atoms with Crippen LogP contribution in [0.3, 0.4) is 0 Å². The third-order valence-corrected chi connectivity index (χ3v) is 5.49. The van der Waals surface area contributed by atoms with Gasteiger partial charge in [-0.15, -0.1) is 0 Å². The molecule has 0 atom stereocenters. The van der Waals surface area contributed by atoms with Gasteiger partial charge < -0.3 is 14.7 Å². The molecule has 0 aliphatic rings. The van der Waals surface area contributed by atoms with E-state index in [1.165, 1.54) is 0 Å². The molecule has 2 N–H and O–H groups in total. The average molecular weight is 449 g/mol. The molecule has 1 amide bonds. The standard InChI is InChI=1S/C28H24N4O2/c33-25(30-19-24-29-18-23(31-24)20-10-4-1-5-11-20)16-17-26-32-27(21-12-6-2-7-13-21)28(34-26)22-14-8-3-9-15-22/h1-15,18H,16-17,19H2,(H,29,31)(H,30,33). The van der Waals surface area contributed by atoms with E-state index >= 15 is 0 Å². The Morgan fingerprint density at radius 3 is 2.12 bits per heavy atom. The van der Waals surface area contributed by atoms with Gasteiger partial charge in [-0.2, -0.15) is 0 Å². The molecule has 3 aromatic carbocycles. The summed E-state index contributed by atoms with van der Waals surface area (Å²) < 4.78 is 6.11. The summed E-state index contributed by atoms with van der Waals surface area (Å²) in [6.07, 6.45) is 2.46. The molecule has 0 fully saturated rings. The molecule has 0 unspecified atom stereocenters. The monoisotopic (exact) mass is 448 g/mol. The van der Waals surface area contributed by atoms with E-state index in [0.29, 0.717) is 30.4 Å².